The van der Waals surface area contributed by atoms with Crippen LogP contribution < -0.4 is 10.2 Å². The van der Waals surface area contributed by atoms with Gasteiger partial charge in [-0.05, 0) is 66.8 Å². The number of amides is 2. The van der Waals surface area contributed by atoms with Crippen LogP contribution in [0.2, 0.25) is 0 Å². The van der Waals surface area contributed by atoms with E-state index in [4.69, 9.17) is 0 Å². The van der Waals surface area contributed by atoms with E-state index in [9.17, 15) is 9.59 Å². The van der Waals surface area contributed by atoms with Crippen LogP contribution in [-0.4, -0.2) is 60.9 Å². The Hall–Kier alpha value is -3.64. The van der Waals surface area contributed by atoms with Crippen molar-refractivity contribution in [3.05, 3.63) is 94.5 Å². The standard InChI is InChI=1S/C30H34N4O2/c1-22-6-5-7-23(2)29(22)31-28(35)21-32-16-18-33(19-17-32)30(36)25-10-12-27(13-11-25)34-15-14-24-8-3-4-9-26(24)20-34/h3-13H,14-21H2,1-2H3,(H,31,35). The van der Waals surface area contributed by atoms with Crippen LogP contribution in [-0.2, 0) is 17.8 Å². The van der Waals surface area contributed by atoms with E-state index in [0.717, 1.165) is 47.6 Å². The first-order valence-electron chi connectivity index (χ1n) is 12.8. The molecular formula is C30H34N4O2. The quantitative estimate of drug-likeness (QED) is 0.590. The first-order chi connectivity index (χ1) is 17.5. The largest absolute Gasteiger partial charge is 0.367 e. The van der Waals surface area contributed by atoms with Crippen molar-refractivity contribution in [2.45, 2.75) is 26.8 Å². The molecule has 2 aliphatic rings. The predicted molar refractivity (Wildman–Crippen MR) is 145 cm³/mol. The Labute approximate surface area is 213 Å². The molecule has 0 spiro atoms. The summed E-state index contributed by atoms with van der Waals surface area (Å²) in [5.74, 6) is 0.0493. The monoisotopic (exact) mass is 482 g/mol. The van der Waals surface area contributed by atoms with E-state index in [0.29, 0.717) is 32.7 Å². The second-order valence-corrected chi connectivity index (χ2v) is 9.87. The molecule has 0 radical (unpaired) electrons. The molecular weight excluding hydrogens is 448 g/mol. The van der Waals surface area contributed by atoms with Gasteiger partial charge in [0.25, 0.3) is 5.91 Å². The average molecular weight is 483 g/mol. The van der Waals surface area contributed by atoms with Crippen molar-refractivity contribution < 1.29 is 9.59 Å². The number of benzene rings is 3. The second kappa shape index (κ2) is 10.5. The van der Waals surface area contributed by atoms with Crippen LogP contribution in [0.3, 0.4) is 0 Å². The molecule has 5 rings (SSSR count). The molecule has 0 atom stereocenters. The predicted octanol–water partition coefficient (Wildman–Crippen LogP) is 4.26. The SMILES string of the molecule is Cc1cccc(C)c1NC(=O)CN1CCN(C(=O)c2ccc(N3CCc4ccccc4C3)cc2)CC1. The lowest BCUT2D eigenvalue weighted by molar-refractivity contribution is -0.117. The summed E-state index contributed by atoms with van der Waals surface area (Å²) in [6.45, 7) is 8.87. The van der Waals surface area contributed by atoms with Crippen molar-refractivity contribution in [2.24, 2.45) is 0 Å². The minimum atomic E-state index is -0.0110. The van der Waals surface area contributed by atoms with E-state index < -0.39 is 0 Å². The van der Waals surface area contributed by atoms with Crippen LogP contribution in [0.25, 0.3) is 0 Å². The molecule has 0 aromatic heterocycles. The highest BCUT2D eigenvalue weighted by Crippen LogP contribution is 2.25. The molecule has 36 heavy (non-hydrogen) atoms. The van der Waals surface area contributed by atoms with Gasteiger partial charge in [-0.2, -0.15) is 0 Å². The summed E-state index contributed by atoms with van der Waals surface area (Å²) in [5, 5.41) is 3.06. The van der Waals surface area contributed by atoms with Crippen LogP contribution >= 0.6 is 0 Å². The van der Waals surface area contributed by atoms with Gasteiger partial charge in [-0.3, -0.25) is 14.5 Å². The highest BCUT2D eigenvalue weighted by Gasteiger charge is 2.24. The number of carbonyl (C=O) groups is 2. The number of nitrogens with zero attached hydrogens (tertiary/aromatic N) is 3. The summed E-state index contributed by atoms with van der Waals surface area (Å²) < 4.78 is 0. The highest BCUT2D eigenvalue weighted by atomic mass is 16.2. The lowest BCUT2D eigenvalue weighted by Gasteiger charge is -2.34. The molecule has 1 N–H and O–H groups in total. The molecule has 3 aromatic rings. The zero-order valence-corrected chi connectivity index (χ0v) is 21.2. The average Bonchev–Trinajstić information content (AvgIpc) is 2.91. The zero-order chi connectivity index (χ0) is 25.1. The lowest BCUT2D eigenvalue weighted by Crippen LogP contribution is -2.50. The van der Waals surface area contributed by atoms with Crippen molar-refractivity contribution in [3.63, 3.8) is 0 Å². The van der Waals surface area contributed by atoms with E-state index in [-0.39, 0.29) is 11.8 Å². The van der Waals surface area contributed by atoms with Crippen LogP contribution in [0.15, 0.2) is 66.7 Å². The van der Waals surface area contributed by atoms with E-state index in [1.165, 1.54) is 11.1 Å². The number of nitrogens with one attached hydrogen (secondary N) is 1. The van der Waals surface area contributed by atoms with E-state index >= 15 is 0 Å². The van der Waals surface area contributed by atoms with Gasteiger partial charge in [-0.15, -0.1) is 0 Å². The third kappa shape index (κ3) is 5.29. The normalized spacial score (nSPS) is 15.9. The van der Waals surface area contributed by atoms with Crippen molar-refractivity contribution in [1.82, 2.24) is 9.80 Å². The Morgan fingerprint density at radius 1 is 0.778 bits per heavy atom. The summed E-state index contributed by atoms with van der Waals surface area (Å²) in [5.41, 5.74) is 7.71. The number of fused-ring (bicyclic) bond motifs is 1. The van der Waals surface area contributed by atoms with Crippen molar-refractivity contribution >= 4 is 23.2 Å². The number of hydrogen-bond acceptors (Lipinski definition) is 4. The van der Waals surface area contributed by atoms with Gasteiger partial charge in [0.2, 0.25) is 5.91 Å². The number of carbonyl (C=O) groups excluding carboxylic acids is 2. The summed E-state index contributed by atoms with van der Waals surface area (Å²) in [6.07, 6.45) is 1.05. The fourth-order valence-electron chi connectivity index (χ4n) is 5.22. The number of para-hydroxylation sites is 1. The molecule has 6 heteroatoms. The Bertz CT molecular complexity index is 1230. The van der Waals surface area contributed by atoms with Crippen LogP contribution in [0, 0.1) is 13.8 Å². The topological polar surface area (TPSA) is 55.9 Å². The maximum atomic E-state index is 13.1. The van der Waals surface area contributed by atoms with E-state index in [1.54, 1.807) is 0 Å². The second-order valence-electron chi connectivity index (χ2n) is 9.87. The summed E-state index contributed by atoms with van der Waals surface area (Å²) >= 11 is 0. The van der Waals surface area contributed by atoms with Gasteiger partial charge in [0.1, 0.15) is 0 Å². The Kier molecular flexibility index (Phi) is 7.05. The molecule has 186 valence electrons. The van der Waals surface area contributed by atoms with Gasteiger partial charge in [0, 0.05) is 56.2 Å². The van der Waals surface area contributed by atoms with Crippen molar-refractivity contribution in [3.8, 4) is 0 Å². The number of hydrogen-bond donors (Lipinski definition) is 1. The maximum absolute atomic E-state index is 13.1. The molecule has 2 amide bonds. The smallest absolute Gasteiger partial charge is 0.253 e. The molecule has 0 saturated carbocycles. The van der Waals surface area contributed by atoms with Gasteiger partial charge in [0.05, 0.1) is 6.54 Å². The Morgan fingerprint density at radius 2 is 1.44 bits per heavy atom. The minimum absolute atomic E-state index is 0.0110. The summed E-state index contributed by atoms with van der Waals surface area (Å²) in [6, 6.07) is 22.7. The first-order valence-corrected chi connectivity index (χ1v) is 12.8. The highest BCUT2D eigenvalue weighted by molar-refractivity contribution is 5.95. The lowest BCUT2D eigenvalue weighted by atomic mass is 9.99. The summed E-state index contributed by atoms with van der Waals surface area (Å²) in [7, 11) is 0. The Morgan fingerprint density at radius 3 is 2.14 bits per heavy atom. The molecule has 0 aliphatic carbocycles. The van der Waals surface area contributed by atoms with Gasteiger partial charge in [0.15, 0.2) is 0 Å². The molecule has 2 aliphatic heterocycles. The number of anilines is 2. The van der Waals surface area contributed by atoms with E-state index in [1.807, 2.05) is 49.1 Å². The van der Waals surface area contributed by atoms with Crippen molar-refractivity contribution in [1.29, 1.82) is 0 Å². The molecule has 1 fully saturated rings. The molecule has 0 bridgehead atoms. The van der Waals surface area contributed by atoms with Gasteiger partial charge in [-0.1, -0.05) is 42.5 Å². The van der Waals surface area contributed by atoms with Crippen LogP contribution in [0.1, 0.15) is 32.6 Å². The van der Waals surface area contributed by atoms with Gasteiger partial charge < -0.3 is 15.1 Å². The number of aryl methyl sites for hydroxylation is 2. The third-order valence-corrected chi connectivity index (χ3v) is 7.38. The summed E-state index contributed by atoms with van der Waals surface area (Å²) in [4.78, 5) is 32.1. The van der Waals surface area contributed by atoms with Gasteiger partial charge >= 0.3 is 0 Å². The zero-order valence-electron chi connectivity index (χ0n) is 21.2. The first kappa shape index (κ1) is 24.1. The van der Waals surface area contributed by atoms with E-state index in [2.05, 4.69) is 51.5 Å². The molecule has 0 unspecified atom stereocenters. The molecule has 2 heterocycles. The molecule has 1 saturated heterocycles. The van der Waals surface area contributed by atoms with Crippen molar-refractivity contribution in [2.75, 3.05) is 49.5 Å². The van der Waals surface area contributed by atoms with Gasteiger partial charge in [-0.25, -0.2) is 0 Å². The Balaban J connectivity index is 1.12. The minimum Gasteiger partial charge on any atom is -0.367 e. The fraction of sp³-hybridized carbons (Fsp3) is 0.333. The third-order valence-electron chi connectivity index (χ3n) is 7.38. The molecule has 6 nitrogen and oxygen atoms in total. The number of piperazine rings is 1. The maximum Gasteiger partial charge on any atom is 0.253 e. The molecule has 3 aromatic carbocycles. The van der Waals surface area contributed by atoms with Crippen LogP contribution in [0.5, 0.6) is 0 Å². The fourth-order valence-corrected chi connectivity index (χ4v) is 5.22. The van der Waals surface area contributed by atoms with Crippen LogP contribution in [0.4, 0.5) is 11.4 Å². The number of rotatable bonds is 5.